The fourth-order valence-electron chi connectivity index (χ4n) is 2.82. The standard InChI is InChI=1S/C20H26FN/c1-6-17-11-13(2)7-8-14(3)16(5)20(17)22-19-10-9-18(21)12-15(19)4/h8-13,22H,6-7H2,1-5H3/b14-8+,17-11-,20-16+. The van der Waals surface area contributed by atoms with Crippen molar-refractivity contribution in [3.8, 4) is 0 Å². The van der Waals surface area contributed by atoms with Gasteiger partial charge in [0.15, 0.2) is 0 Å². The van der Waals surface area contributed by atoms with E-state index in [0.29, 0.717) is 5.92 Å². The van der Waals surface area contributed by atoms with E-state index in [1.54, 1.807) is 6.07 Å². The van der Waals surface area contributed by atoms with Gasteiger partial charge in [0.1, 0.15) is 5.82 Å². The molecule has 1 N–H and O–H groups in total. The van der Waals surface area contributed by atoms with E-state index in [1.165, 1.54) is 22.8 Å². The molecule has 0 aromatic heterocycles. The third-order valence-corrected chi connectivity index (χ3v) is 4.40. The molecule has 1 unspecified atom stereocenters. The summed E-state index contributed by atoms with van der Waals surface area (Å²) in [5.41, 5.74) is 6.97. The quantitative estimate of drug-likeness (QED) is 0.706. The number of aryl methyl sites for hydroxylation is 1. The Bertz CT molecular complexity index is 650. The van der Waals surface area contributed by atoms with Crippen molar-refractivity contribution >= 4 is 5.69 Å². The van der Waals surface area contributed by atoms with E-state index in [4.69, 9.17) is 0 Å². The van der Waals surface area contributed by atoms with Crippen molar-refractivity contribution in [3.05, 3.63) is 64.1 Å². The molecule has 0 saturated heterocycles. The molecule has 1 nitrogen and oxygen atoms in total. The summed E-state index contributed by atoms with van der Waals surface area (Å²) < 4.78 is 13.3. The Labute approximate surface area is 133 Å². The lowest BCUT2D eigenvalue weighted by molar-refractivity contribution is 0.627. The second-order valence-electron chi connectivity index (χ2n) is 6.23. The van der Waals surface area contributed by atoms with Gasteiger partial charge in [0, 0.05) is 11.4 Å². The molecule has 0 heterocycles. The number of halogens is 1. The minimum Gasteiger partial charge on any atom is -0.355 e. The fourth-order valence-corrected chi connectivity index (χ4v) is 2.82. The van der Waals surface area contributed by atoms with Crippen molar-refractivity contribution in [2.24, 2.45) is 5.92 Å². The molecule has 0 saturated carbocycles. The summed E-state index contributed by atoms with van der Waals surface area (Å²) in [4.78, 5) is 0. The van der Waals surface area contributed by atoms with Crippen LogP contribution in [0.1, 0.15) is 46.1 Å². The van der Waals surface area contributed by atoms with E-state index in [-0.39, 0.29) is 5.82 Å². The first-order valence-corrected chi connectivity index (χ1v) is 8.04. The van der Waals surface area contributed by atoms with Gasteiger partial charge in [0.25, 0.3) is 0 Å². The molecule has 2 heteroatoms. The summed E-state index contributed by atoms with van der Waals surface area (Å²) in [5.74, 6) is 0.339. The SMILES string of the molecule is CCC1=C/C(C)C/C=C(C)/C(C)=C\1Nc1ccc(F)cc1C. The molecule has 1 aromatic carbocycles. The number of nitrogens with one attached hydrogen (secondary N) is 1. The minimum atomic E-state index is -0.192. The molecule has 0 fully saturated rings. The molecule has 0 radical (unpaired) electrons. The Morgan fingerprint density at radius 3 is 2.59 bits per heavy atom. The van der Waals surface area contributed by atoms with Crippen molar-refractivity contribution in [1.82, 2.24) is 0 Å². The van der Waals surface area contributed by atoms with Gasteiger partial charge in [-0.05, 0) is 74.4 Å². The maximum absolute atomic E-state index is 13.3. The van der Waals surface area contributed by atoms with Crippen LogP contribution in [-0.4, -0.2) is 0 Å². The van der Waals surface area contributed by atoms with E-state index >= 15 is 0 Å². The molecule has 0 spiro atoms. The average Bonchev–Trinajstić information content (AvgIpc) is 2.48. The number of rotatable bonds is 3. The fraction of sp³-hybridized carbons (Fsp3) is 0.400. The number of hydrogen-bond donors (Lipinski definition) is 1. The molecule has 22 heavy (non-hydrogen) atoms. The van der Waals surface area contributed by atoms with Gasteiger partial charge in [-0.25, -0.2) is 4.39 Å². The van der Waals surface area contributed by atoms with Gasteiger partial charge in [0.05, 0.1) is 0 Å². The zero-order valence-electron chi connectivity index (χ0n) is 14.3. The van der Waals surface area contributed by atoms with Gasteiger partial charge < -0.3 is 5.32 Å². The van der Waals surface area contributed by atoms with Crippen molar-refractivity contribution in [2.75, 3.05) is 5.32 Å². The largest absolute Gasteiger partial charge is 0.355 e. The molecular weight excluding hydrogens is 273 g/mol. The third-order valence-electron chi connectivity index (χ3n) is 4.40. The lowest BCUT2D eigenvalue weighted by Gasteiger charge is -2.22. The zero-order valence-corrected chi connectivity index (χ0v) is 14.3. The van der Waals surface area contributed by atoms with Gasteiger partial charge in [-0.1, -0.05) is 31.6 Å². The van der Waals surface area contributed by atoms with E-state index in [2.05, 4.69) is 45.2 Å². The van der Waals surface area contributed by atoms with Gasteiger partial charge in [-0.3, -0.25) is 0 Å². The van der Waals surface area contributed by atoms with Crippen LogP contribution in [-0.2, 0) is 0 Å². The van der Waals surface area contributed by atoms with Gasteiger partial charge in [-0.2, -0.15) is 0 Å². The molecule has 0 amide bonds. The average molecular weight is 299 g/mol. The second-order valence-corrected chi connectivity index (χ2v) is 6.23. The first kappa shape index (κ1) is 16.5. The van der Waals surface area contributed by atoms with Gasteiger partial charge in [0.2, 0.25) is 0 Å². The first-order chi connectivity index (χ1) is 10.4. The van der Waals surface area contributed by atoms with Crippen LogP contribution in [0, 0.1) is 18.7 Å². The normalized spacial score (nSPS) is 27.3. The minimum absolute atomic E-state index is 0.192. The third kappa shape index (κ3) is 3.68. The van der Waals surface area contributed by atoms with Crippen LogP contribution in [0.4, 0.5) is 10.1 Å². The van der Waals surface area contributed by atoms with E-state index < -0.39 is 0 Å². The Morgan fingerprint density at radius 2 is 1.95 bits per heavy atom. The molecule has 118 valence electrons. The molecule has 1 atom stereocenters. The van der Waals surface area contributed by atoms with Crippen LogP contribution >= 0.6 is 0 Å². The van der Waals surface area contributed by atoms with Crippen molar-refractivity contribution < 1.29 is 4.39 Å². The molecular formula is C20H26FN. The summed E-state index contributed by atoms with van der Waals surface area (Å²) >= 11 is 0. The molecule has 1 aliphatic rings. The molecule has 1 aromatic rings. The lowest BCUT2D eigenvalue weighted by Crippen LogP contribution is -2.10. The number of hydrogen-bond acceptors (Lipinski definition) is 1. The molecule has 2 rings (SSSR count). The van der Waals surface area contributed by atoms with Crippen molar-refractivity contribution in [1.29, 1.82) is 0 Å². The van der Waals surface area contributed by atoms with Crippen LogP contribution in [0.5, 0.6) is 0 Å². The highest BCUT2D eigenvalue weighted by molar-refractivity contribution is 5.61. The summed E-state index contributed by atoms with van der Waals surface area (Å²) in [6, 6.07) is 4.90. The summed E-state index contributed by atoms with van der Waals surface area (Å²) in [6.45, 7) is 10.7. The number of benzene rings is 1. The van der Waals surface area contributed by atoms with Crippen LogP contribution in [0.2, 0.25) is 0 Å². The zero-order chi connectivity index (χ0) is 16.3. The molecule has 0 bridgehead atoms. The Kier molecular flexibility index (Phi) is 5.23. The van der Waals surface area contributed by atoms with E-state index in [9.17, 15) is 4.39 Å². The smallest absolute Gasteiger partial charge is 0.123 e. The van der Waals surface area contributed by atoms with Gasteiger partial charge in [-0.15, -0.1) is 0 Å². The summed E-state index contributed by atoms with van der Waals surface area (Å²) in [6.07, 6.45) is 6.73. The van der Waals surface area contributed by atoms with Crippen molar-refractivity contribution in [3.63, 3.8) is 0 Å². The summed E-state index contributed by atoms with van der Waals surface area (Å²) in [7, 11) is 0. The van der Waals surface area contributed by atoms with E-state index in [1.807, 2.05) is 13.0 Å². The summed E-state index contributed by atoms with van der Waals surface area (Å²) in [5, 5.41) is 3.55. The lowest BCUT2D eigenvalue weighted by atomic mass is 9.91. The molecule has 1 aliphatic carbocycles. The highest BCUT2D eigenvalue weighted by atomic mass is 19.1. The topological polar surface area (TPSA) is 12.0 Å². The van der Waals surface area contributed by atoms with Crippen LogP contribution in [0.3, 0.4) is 0 Å². The Hall–Kier alpha value is -1.83. The predicted molar refractivity (Wildman–Crippen MR) is 93.4 cm³/mol. The van der Waals surface area contributed by atoms with Crippen LogP contribution in [0.15, 0.2) is 52.8 Å². The highest BCUT2D eigenvalue weighted by Gasteiger charge is 2.14. The van der Waals surface area contributed by atoms with Crippen LogP contribution in [0.25, 0.3) is 0 Å². The first-order valence-electron chi connectivity index (χ1n) is 8.04. The Morgan fingerprint density at radius 1 is 1.23 bits per heavy atom. The maximum atomic E-state index is 13.3. The second kappa shape index (κ2) is 6.95. The monoisotopic (exact) mass is 299 g/mol. The van der Waals surface area contributed by atoms with Gasteiger partial charge >= 0.3 is 0 Å². The predicted octanol–water partition coefficient (Wildman–Crippen LogP) is 6.14. The number of anilines is 1. The highest BCUT2D eigenvalue weighted by Crippen LogP contribution is 2.30. The van der Waals surface area contributed by atoms with Crippen LogP contribution < -0.4 is 5.32 Å². The molecule has 0 aliphatic heterocycles. The number of allylic oxidation sites excluding steroid dienone is 5. The van der Waals surface area contributed by atoms with E-state index in [0.717, 1.165) is 29.8 Å². The maximum Gasteiger partial charge on any atom is 0.123 e. The van der Waals surface area contributed by atoms with Crippen molar-refractivity contribution in [2.45, 2.75) is 47.5 Å². The Balaban J connectivity index is 2.49.